The first kappa shape index (κ1) is 24.1. The molecule has 0 atom stereocenters. The van der Waals surface area contributed by atoms with Crippen LogP contribution in [0.15, 0.2) is 10.6 Å². The number of ether oxygens (including phenoxy) is 1. The molecule has 3 heterocycles. The summed E-state index contributed by atoms with van der Waals surface area (Å²) in [5.41, 5.74) is 1.68. The quantitative estimate of drug-likeness (QED) is 0.586. The van der Waals surface area contributed by atoms with Crippen LogP contribution in [0, 0.1) is 12.8 Å². The molecule has 1 aliphatic carbocycles. The minimum absolute atomic E-state index is 0.0140. The highest BCUT2D eigenvalue weighted by atomic mass is 32.1. The van der Waals surface area contributed by atoms with Crippen molar-refractivity contribution < 1.29 is 22.8 Å². The fraction of sp³-hybridized carbons (Fsp3) is 0.696. The molecule has 1 amide bonds. The van der Waals surface area contributed by atoms with Gasteiger partial charge in [-0.1, -0.05) is 16.5 Å². The normalized spacial score (nSPS) is 21.6. The van der Waals surface area contributed by atoms with Crippen LogP contribution < -0.4 is 10.1 Å². The molecule has 4 rings (SSSR count). The van der Waals surface area contributed by atoms with Crippen LogP contribution in [-0.4, -0.2) is 59.7 Å². The van der Waals surface area contributed by atoms with E-state index in [0.717, 1.165) is 69.6 Å². The third kappa shape index (κ3) is 7.20. The number of hydrogen-bond acceptors (Lipinski definition) is 7. The first-order valence-electron chi connectivity index (χ1n) is 11.8. The molecule has 182 valence electrons. The Bertz CT molecular complexity index is 886. The molecule has 0 spiro atoms. The maximum Gasteiger partial charge on any atom is 0.273 e. The largest absolute Gasteiger partial charge is 0.464 e. The van der Waals surface area contributed by atoms with Gasteiger partial charge in [0.05, 0.1) is 17.8 Å². The van der Waals surface area contributed by atoms with E-state index in [1.165, 1.54) is 22.6 Å². The van der Waals surface area contributed by atoms with Crippen LogP contribution in [0.1, 0.15) is 54.1 Å². The van der Waals surface area contributed by atoms with E-state index in [2.05, 4.69) is 20.4 Å². The molecule has 1 aliphatic heterocycles. The van der Waals surface area contributed by atoms with Crippen molar-refractivity contribution in [1.82, 2.24) is 20.4 Å². The lowest BCUT2D eigenvalue weighted by Crippen LogP contribution is -2.39. The first-order valence-corrected chi connectivity index (χ1v) is 12.6. The van der Waals surface area contributed by atoms with Crippen LogP contribution in [-0.2, 0) is 24.1 Å². The van der Waals surface area contributed by atoms with Crippen molar-refractivity contribution in [3.63, 3.8) is 0 Å². The van der Waals surface area contributed by atoms with Gasteiger partial charge in [0.15, 0.2) is 6.61 Å². The van der Waals surface area contributed by atoms with Crippen LogP contribution in [0.4, 0.5) is 8.78 Å². The van der Waals surface area contributed by atoms with E-state index in [-0.39, 0.29) is 18.4 Å². The standard InChI is InChI=1S/C23H32F2N4O3S/c1-15-12-18(28-32-15)13-22(30)26-17-4-2-16(3-5-17)6-9-29-10-7-19-20(8-11-29)33-23(27-19)31-14-21(24)25/h12,16-17,21H,2-11,13-14H2,1H3,(H,26,30). The van der Waals surface area contributed by atoms with E-state index >= 15 is 0 Å². The van der Waals surface area contributed by atoms with Crippen molar-refractivity contribution >= 4 is 17.2 Å². The van der Waals surface area contributed by atoms with Crippen molar-refractivity contribution in [1.29, 1.82) is 0 Å². The minimum Gasteiger partial charge on any atom is -0.464 e. The molecule has 1 saturated carbocycles. The summed E-state index contributed by atoms with van der Waals surface area (Å²) in [5.74, 6) is 1.43. The van der Waals surface area contributed by atoms with Crippen molar-refractivity contribution in [2.75, 3.05) is 26.2 Å². The maximum atomic E-state index is 12.3. The number of amides is 1. The van der Waals surface area contributed by atoms with Gasteiger partial charge in [0.25, 0.3) is 11.6 Å². The van der Waals surface area contributed by atoms with E-state index in [4.69, 9.17) is 9.26 Å². The maximum absolute atomic E-state index is 12.3. The number of fused-ring (bicyclic) bond motifs is 1. The molecule has 0 aromatic carbocycles. The van der Waals surface area contributed by atoms with Gasteiger partial charge >= 0.3 is 0 Å². The number of nitrogens with zero attached hydrogens (tertiary/aromatic N) is 3. The lowest BCUT2D eigenvalue weighted by molar-refractivity contribution is -0.121. The van der Waals surface area contributed by atoms with Crippen molar-refractivity contribution in [2.24, 2.45) is 5.92 Å². The van der Waals surface area contributed by atoms with Gasteiger partial charge < -0.3 is 19.5 Å². The molecule has 7 nitrogen and oxygen atoms in total. The SMILES string of the molecule is Cc1cc(CC(=O)NC2CCC(CCN3CCc4nc(OCC(F)F)sc4CC3)CC2)no1. The van der Waals surface area contributed by atoms with Crippen molar-refractivity contribution in [3.8, 4) is 5.19 Å². The highest BCUT2D eigenvalue weighted by Crippen LogP contribution is 2.30. The molecule has 33 heavy (non-hydrogen) atoms. The number of aromatic nitrogens is 2. The van der Waals surface area contributed by atoms with Crippen LogP contribution in [0.5, 0.6) is 5.19 Å². The number of alkyl halides is 2. The summed E-state index contributed by atoms with van der Waals surface area (Å²) in [6.45, 7) is 4.21. The number of thiazole rings is 1. The fourth-order valence-electron chi connectivity index (χ4n) is 4.71. The van der Waals surface area contributed by atoms with Gasteiger partial charge in [0.1, 0.15) is 5.76 Å². The van der Waals surface area contributed by atoms with E-state index in [1.807, 2.05) is 6.92 Å². The Morgan fingerprint density at radius 2 is 2.09 bits per heavy atom. The molecule has 10 heteroatoms. The average Bonchev–Trinajstić information content (AvgIpc) is 3.32. The van der Waals surface area contributed by atoms with E-state index in [0.29, 0.717) is 16.8 Å². The van der Waals surface area contributed by atoms with Crippen LogP contribution in [0.2, 0.25) is 0 Å². The third-order valence-corrected chi connectivity index (χ3v) is 7.57. The highest BCUT2D eigenvalue weighted by molar-refractivity contribution is 7.13. The molecule has 0 radical (unpaired) electrons. The molecule has 2 aliphatic rings. The number of halogens is 2. The summed E-state index contributed by atoms with van der Waals surface area (Å²) in [7, 11) is 0. The van der Waals surface area contributed by atoms with Crippen molar-refractivity contribution in [3.05, 3.63) is 28.1 Å². The molecular formula is C23H32F2N4O3S. The van der Waals surface area contributed by atoms with Gasteiger partial charge in [-0.3, -0.25) is 4.79 Å². The lowest BCUT2D eigenvalue weighted by Gasteiger charge is -2.30. The smallest absolute Gasteiger partial charge is 0.273 e. The molecular weight excluding hydrogens is 450 g/mol. The number of carbonyl (C=O) groups excluding carboxylic acids is 1. The van der Waals surface area contributed by atoms with Crippen molar-refractivity contribution in [2.45, 2.75) is 70.8 Å². The summed E-state index contributed by atoms with van der Waals surface area (Å²) in [4.78, 5) is 20.3. The lowest BCUT2D eigenvalue weighted by atomic mass is 9.84. The van der Waals surface area contributed by atoms with Crippen LogP contribution >= 0.6 is 11.3 Å². The number of rotatable bonds is 9. The van der Waals surface area contributed by atoms with Gasteiger partial charge in [0.2, 0.25) is 5.91 Å². The second kappa shape index (κ2) is 11.4. The monoisotopic (exact) mass is 482 g/mol. The summed E-state index contributed by atoms with van der Waals surface area (Å²) in [5, 5.41) is 7.41. The summed E-state index contributed by atoms with van der Waals surface area (Å²) < 4.78 is 34.8. The Morgan fingerprint density at radius 3 is 2.82 bits per heavy atom. The molecule has 1 fully saturated rings. The van der Waals surface area contributed by atoms with Gasteiger partial charge in [-0.05, 0) is 57.9 Å². The Hall–Kier alpha value is -2.07. The molecule has 0 bridgehead atoms. The minimum atomic E-state index is -2.47. The average molecular weight is 483 g/mol. The predicted octanol–water partition coefficient (Wildman–Crippen LogP) is 3.79. The Morgan fingerprint density at radius 1 is 1.30 bits per heavy atom. The van der Waals surface area contributed by atoms with Gasteiger partial charge in [-0.15, -0.1) is 0 Å². The van der Waals surface area contributed by atoms with E-state index in [1.54, 1.807) is 6.07 Å². The van der Waals surface area contributed by atoms with Gasteiger partial charge in [-0.25, -0.2) is 13.8 Å². The fourth-order valence-corrected chi connectivity index (χ4v) is 5.66. The number of aryl methyl sites for hydroxylation is 1. The van der Waals surface area contributed by atoms with Crippen LogP contribution in [0.25, 0.3) is 0 Å². The van der Waals surface area contributed by atoms with Gasteiger partial charge in [0, 0.05) is 36.5 Å². The molecule has 1 N–H and O–H groups in total. The Labute approximate surface area is 196 Å². The predicted molar refractivity (Wildman–Crippen MR) is 121 cm³/mol. The molecule has 2 aromatic heterocycles. The number of hydrogen-bond donors (Lipinski definition) is 1. The zero-order chi connectivity index (χ0) is 23.2. The second-order valence-electron chi connectivity index (χ2n) is 9.07. The topological polar surface area (TPSA) is 80.5 Å². The zero-order valence-electron chi connectivity index (χ0n) is 19.0. The third-order valence-electron chi connectivity index (χ3n) is 6.50. The summed E-state index contributed by atoms with van der Waals surface area (Å²) in [6, 6.07) is 2.05. The number of carbonyl (C=O) groups is 1. The van der Waals surface area contributed by atoms with E-state index in [9.17, 15) is 13.6 Å². The molecule has 0 saturated heterocycles. The molecule has 2 aromatic rings. The van der Waals surface area contributed by atoms with Crippen LogP contribution in [0.3, 0.4) is 0 Å². The number of nitrogens with one attached hydrogen (secondary N) is 1. The first-order chi connectivity index (χ1) is 15.9. The second-order valence-corrected chi connectivity index (χ2v) is 10.1. The van der Waals surface area contributed by atoms with Gasteiger partial charge in [-0.2, -0.15) is 0 Å². The highest BCUT2D eigenvalue weighted by Gasteiger charge is 2.24. The zero-order valence-corrected chi connectivity index (χ0v) is 19.8. The summed E-state index contributed by atoms with van der Waals surface area (Å²) in [6.07, 6.45) is 5.04. The summed E-state index contributed by atoms with van der Waals surface area (Å²) >= 11 is 1.41. The Kier molecular flexibility index (Phi) is 8.29. The van der Waals surface area contributed by atoms with E-state index < -0.39 is 13.0 Å². The Balaban J connectivity index is 1.13. The molecule has 0 unspecified atom stereocenters.